The molecular formula is C19H36N2. The summed E-state index contributed by atoms with van der Waals surface area (Å²) in [5.41, 5.74) is 0.384. The van der Waals surface area contributed by atoms with Crippen molar-refractivity contribution in [3.63, 3.8) is 0 Å². The van der Waals surface area contributed by atoms with Crippen LogP contribution < -0.4 is 5.32 Å². The summed E-state index contributed by atoms with van der Waals surface area (Å²) in [7, 11) is 0. The van der Waals surface area contributed by atoms with E-state index in [-0.39, 0.29) is 0 Å². The van der Waals surface area contributed by atoms with Gasteiger partial charge < -0.3 is 5.32 Å². The van der Waals surface area contributed by atoms with E-state index in [9.17, 15) is 0 Å². The van der Waals surface area contributed by atoms with Crippen molar-refractivity contribution in [3.05, 3.63) is 0 Å². The molecule has 3 fully saturated rings. The molecule has 2 aliphatic carbocycles. The number of piperazine rings is 1. The number of nitrogens with zero attached hydrogens (tertiary/aromatic N) is 1. The fraction of sp³-hybridized carbons (Fsp3) is 1.00. The van der Waals surface area contributed by atoms with Gasteiger partial charge in [0.2, 0.25) is 0 Å². The molecule has 0 bridgehead atoms. The zero-order valence-electron chi connectivity index (χ0n) is 14.5. The molecule has 1 saturated heterocycles. The van der Waals surface area contributed by atoms with E-state index in [2.05, 4.69) is 31.0 Å². The topological polar surface area (TPSA) is 15.3 Å². The molecule has 0 amide bonds. The maximum Gasteiger partial charge on any atom is 0.0249 e. The number of rotatable bonds is 4. The molecule has 0 aromatic carbocycles. The fourth-order valence-electron chi connectivity index (χ4n) is 4.40. The molecular weight excluding hydrogens is 256 g/mol. The zero-order valence-corrected chi connectivity index (χ0v) is 14.5. The van der Waals surface area contributed by atoms with Crippen molar-refractivity contribution in [2.75, 3.05) is 19.6 Å². The Hall–Kier alpha value is -0.0800. The molecule has 122 valence electrons. The summed E-state index contributed by atoms with van der Waals surface area (Å²) in [5, 5.41) is 3.90. The first-order valence-electron chi connectivity index (χ1n) is 9.51. The van der Waals surface area contributed by atoms with Gasteiger partial charge in [0.25, 0.3) is 0 Å². The number of nitrogens with one attached hydrogen (secondary N) is 1. The van der Waals surface area contributed by atoms with Crippen molar-refractivity contribution in [1.82, 2.24) is 10.2 Å². The average Bonchev–Trinajstić information content (AvgIpc) is 3.29. The van der Waals surface area contributed by atoms with E-state index in [4.69, 9.17) is 0 Å². The Morgan fingerprint density at radius 2 is 1.71 bits per heavy atom. The van der Waals surface area contributed by atoms with Crippen LogP contribution in [0.3, 0.4) is 0 Å². The minimum Gasteiger partial charge on any atom is -0.311 e. The Kier molecular flexibility index (Phi) is 4.95. The van der Waals surface area contributed by atoms with Crippen LogP contribution in [0.15, 0.2) is 0 Å². The van der Waals surface area contributed by atoms with E-state index in [0.29, 0.717) is 11.5 Å². The first kappa shape index (κ1) is 15.8. The third kappa shape index (κ3) is 4.22. The highest BCUT2D eigenvalue weighted by Crippen LogP contribution is 2.35. The Bertz CT molecular complexity index is 323. The molecule has 1 N–H and O–H groups in total. The Labute approximate surface area is 132 Å². The smallest absolute Gasteiger partial charge is 0.0249 e. The highest BCUT2D eigenvalue weighted by atomic mass is 15.2. The van der Waals surface area contributed by atoms with E-state index >= 15 is 0 Å². The second-order valence-electron chi connectivity index (χ2n) is 9.02. The van der Waals surface area contributed by atoms with Crippen LogP contribution in [0.4, 0.5) is 0 Å². The van der Waals surface area contributed by atoms with Crippen molar-refractivity contribution < 1.29 is 0 Å². The average molecular weight is 293 g/mol. The highest BCUT2D eigenvalue weighted by molar-refractivity contribution is 4.95. The highest BCUT2D eigenvalue weighted by Gasteiger charge is 2.38. The quantitative estimate of drug-likeness (QED) is 0.841. The minimum absolute atomic E-state index is 0.384. The van der Waals surface area contributed by atoms with Crippen molar-refractivity contribution in [1.29, 1.82) is 0 Å². The molecule has 0 radical (unpaired) electrons. The van der Waals surface area contributed by atoms with Gasteiger partial charge in [-0.3, -0.25) is 4.90 Å². The SMILES string of the molecule is CC(C)(C)C1CN(CCC2CC2)C(C2CCCCC2)CN1. The van der Waals surface area contributed by atoms with Crippen molar-refractivity contribution in [2.45, 2.75) is 84.2 Å². The van der Waals surface area contributed by atoms with Gasteiger partial charge in [-0.1, -0.05) is 52.9 Å². The summed E-state index contributed by atoms with van der Waals surface area (Å²) < 4.78 is 0. The fourth-order valence-corrected chi connectivity index (χ4v) is 4.40. The second-order valence-corrected chi connectivity index (χ2v) is 9.02. The van der Waals surface area contributed by atoms with Gasteiger partial charge in [-0.05, 0) is 43.1 Å². The Morgan fingerprint density at radius 3 is 2.33 bits per heavy atom. The van der Waals surface area contributed by atoms with E-state index < -0.39 is 0 Å². The van der Waals surface area contributed by atoms with Crippen molar-refractivity contribution in [2.24, 2.45) is 17.3 Å². The third-order valence-corrected chi connectivity index (χ3v) is 6.22. The maximum atomic E-state index is 3.90. The minimum atomic E-state index is 0.384. The van der Waals surface area contributed by atoms with Gasteiger partial charge in [0.15, 0.2) is 0 Å². The summed E-state index contributed by atoms with van der Waals surface area (Å²) in [6.45, 7) is 11.1. The van der Waals surface area contributed by atoms with Gasteiger partial charge in [-0.2, -0.15) is 0 Å². The van der Waals surface area contributed by atoms with Gasteiger partial charge in [0.1, 0.15) is 0 Å². The van der Waals surface area contributed by atoms with Gasteiger partial charge in [-0.25, -0.2) is 0 Å². The first-order chi connectivity index (χ1) is 10.0. The molecule has 3 rings (SSSR count). The summed E-state index contributed by atoms with van der Waals surface area (Å²) >= 11 is 0. The predicted octanol–water partition coefficient (Wildman–Crippen LogP) is 4.06. The number of hydrogen-bond donors (Lipinski definition) is 1. The third-order valence-electron chi connectivity index (χ3n) is 6.22. The van der Waals surface area contributed by atoms with Gasteiger partial charge >= 0.3 is 0 Å². The predicted molar refractivity (Wildman–Crippen MR) is 90.5 cm³/mol. The molecule has 2 heteroatoms. The van der Waals surface area contributed by atoms with Crippen LogP contribution in [0.2, 0.25) is 0 Å². The van der Waals surface area contributed by atoms with Crippen LogP contribution in [-0.4, -0.2) is 36.6 Å². The second kappa shape index (κ2) is 6.58. The number of hydrogen-bond acceptors (Lipinski definition) is 2. The van der Waals surface area contributed by atoms with Crippen LogP contribution >= 0.6 is 0 Å². The van der Waals surface area contributed by atoms with Crippen LogP contribution in [0.25, 0.3) is 0 Å². The summed E-state index contributed by atoms with van der Waals surface area (Å²) in [6.07, 6.45) is 11.8. The monoisotopic (exact) mass is 292 g/mol. The molecule has 2 saturated carbocycles. The largest absolute Gasteiger partial charge is 0.311 e. The van der Waals surface area contributed by atoms with Crippen molar-refractivity contribution in [3.8, 4) is 0 Å². The lowest BCUT2D eigenvalue weighted by atomic mass is 9.79. The molecule has 2 atom stereocenters. The molecule has 2 nitrogen and oxygen atoms in total. The van der Waals surface area contributed by atoms with Crippen molar-refractivity contribution >= 4 is 0 Å². The first-order valence-corrected chi connectivity index (χ1v) is 9.51. The van der Waals surface area contributed by atoms with Crippen LogP contribution in [0.5, 0.6) is 0 Å². The molecule has 0 spiro atoms. The lowest BCUT2D eigenvalue weighted by Gasteiger charge is -2.48. The standard InChI is InChI=1S/C19H36N2/c1-19(2,3)18-14-21(12-11-15-9-10-15)17(13-20-18)16-7-5-4-6-8-16/h15-18,20H,4-14H2,1-3H3. The zero-order chi connectivity index (χ0) is 14.9. The van der Waals surface area contributed by atoms with E-state index in [1.807, 2.05) is 0 Å². The molecule has 0 aromatic rings. The molecule has 2 unspecified atom stereocenters. The summed E-state index contributed by atoms with van der Waals surface area (Å²) in [6, 6.07) is 1.49. The summed E-state index contributed by atoms with van der Waals surface area (Å²) in [5.74, 6) is 2.03. The van der Waals surface area contributed by atoms with Gasteiger partial charge in [-0.15, -0.1) is 0 Å². The molecule has 1 aliphatic heterocycles. The molecule has 1 heterocycles. The van der Waals surface area contributed by atoms with Crippen LogP contribution in [-0.2, 0) is 0 Å². The molecule has 21 heavy (non-hydrogen) atoms. The Balaban J connectivity index is 1.62. The molecule has 3 aliphatic rings. The van der Waals surface area contributed by atoms with Gasteiger partial charge in [0.05, 0.1) is 0 Å². The van der Waals surface area contributed by atoms with Crippen LogP contribution in [0.1, 0.15) is 72.1 Å². The molecule has 0 aromatic heterocycles. The van der Waals surface area contributed by atoms with Gasteiger partial charge in [0, 0.05) is 25.2 Å². The lowest BCUT2D eigenvalue weighted by Crippen LogP contribution is -2.62. The van der Waals surface area contributed by atoms with E-state index in [0.717, 1.165) is 17.9 Å². The van der Waals surface area contributed by atoms with Crippen LogP contribution in [0, 0.1) is 17.3 Å². The Morgan fingerprint density at radius 1 is 1.00 bits per heavy atom. The summed E-state index contributed by atoms with van der Waals surface area (Å²) in [4.78, 5) is 2.89. The van der Waals surface area contributed by atoms with E-state index in [1.165, 1.54) is 71.0 Å². The lowest BCUT2D eigenvalue weighted by molar-refractivity contribution is 0.0425. The maximum absolute atomic E-state index is 3.90. The van der Waals surface area contributed by atoms with E-state index in [1.54, 1.807) is 0 Å². The normalized spacial score (nSPS) is 33.3.